The fraction of sp³-hybridized carbons (Fsp3) is 0.0769. The Hall–Kier alpha value is -2.08. The molecule has 1 heterocycles. The Morgan fingerprint density at radius 3 is 2.68 bits per heavy atom. The molecule has 2 N–H and O–H groups in total. The largest absolute Gasteiger partial charge is 0.436 e. The minimum atomic E-state index is -0.679. The fourth-order valence-corrected chi connectivity index (χ4v) is 1.62. The highest BCUT2D eigenvalue weighted by Crippen LogP contribution is 2.24. The first kappa shape index (κ1) is 13.4. The van der Waals surface area contributed by atoms with E-state index in [9.17, 15) is 8.78 Å². The number of ether oxygens (including phenoxy) is 1. The Bertz CT molecular complexity index is 647. The highest BCUT2D eigenvalue weighted by molar-refractivity contribution is 7.80. The van der Waals surface area contributed by atoms with Gasteiger partial charge in [0.1, 0.15) is 10.8 Å². The summed E-state index contributed by atoms with van der Waals surface area (Å²) in [6.07, 6.45) is 0. The third kappa shape index (κ3) is 3.23. The summed E-state index contributed by atoms with van der Waals surface area (Å²) in [7, 11) is 0. The van der Waals surface area contributed by atoms with Gasteiger partial charge in [-0.25, -0.2) is 13.8 Å². The third-order valence-corrected chi connectivity index (χ3v) is 2.56. The number of benzene rings is 1. The number of halogens is 2. The van der Waals surface area contributed by atoms with Crippen LogP contribution in [0.25, 0.3) is 0 Å². The molecule has 98 valence electrons. The van der Waals surface area contributed by atoms with Gasteiger partial charge in [-0.2, -0.15) is 0 Å². The molecule has 0 aliphatic heterocycles. The van der Waals surface area contributed by atoms with Crippen LogP contribution in [-0.2, 0) is 0 Å². The number of hydrogen-bond donors (Lipinski definition) is 1. The van der Waals surface area contributed by atoms with Crippen molar-refractivity contribution >= 4 is 17.2 Å². The Kier molecular flexibility index (Phi) is 3.71. The van der Waals surface area contributed by atoms with Crippen LogP contribution in [0, 0.1) is 18.6 Å². The number of pyridine rings is 1. The summed E-state index contributed by atoms with van der Waals surface area (Å²) in [4.78, 5) is 4.23. The zero-order valence-electron chi connectivity index (χ0n) is 9.98. The van der Waals surface area contributed by atoms with E-state index in [0.717, 1.165) is 18.2 Å². The van der Waals surface area contributed by atoms with Gasteiger partial charge < -0.3 is 10.5 Å². The molecule has 0 atom stereocenters. The summed E-state index contributed by atoms with van der Waals surface area (Å²) >= 11 is 4.85. The number of nitrogens with zero attached hydrogens (tertiary/aromatic N) is 1. The van der Waals surface area contributed by atoms with Crippen molar-refractivity contribution in [3.05, 3.63) is 53.2 Å². The molecule has 0 spiro atoms. The van der Waals surface area contributed by atoms with E-state index in [1.807, 2.05) is 0 Å². The van der Waals surface area contributed by atoms with Gasteiger partial charge >= 0.3 is 0 Å². The van der Waals surface area contributed by atoms with Crippen LogP contribution in [0.3, 0.4) is 0 Å². The van der Waals surface area contributed by atoms with Gasteiger partial charge in [-0.1, -0.05) is 12.2 Å². The first-order chi connectivity index (χ1) is 8.95. The van der Waals surface area contributed by atoms with Crippen LogP contribution in [0.1, 0.15) is 11.3 Å². The van der Waals surface area contributed by atoms with E-state index >= 15 is 0 Å². The van der Waals surface area contributed by atoms with Gasteiger partial charge in [0.25, 0.3) is 0 Å². The minimum Gasteiger partial charge on any atom is -0.436 e. The molecule has 19 heavy (non-hydrogen) atoms. The zero-order valence-corrected chi connectivity index (χ0v) is 10.8. The van der Waals surface area contributed by atoms with Crippen molar-refractivity contribution in [1.82, 2.24) is 4.98 Å². The van der Waals surface area contributed by atoms with Crippen LogP contribution >= 0.6 is 12.2 Å². The van der Waals surface area contributed by atoms with Gasteiger partial charge in [-0.3, -0.25) is 0 Å². The first-order valence-corrected chi connectivity index (χ1v) is 5.78. The van der Waals surface area contributed by atoms with E-state index in [1.54, 1.807) is 13.0 Å². The second-order valence-electron chi connectivity index (χ2n) is 3.88. The molecule has 6 heteroatoms. The number of rotatable bonds is 3. The van der Waals surface area contributed by atoms with E-state index in [1.165, 1.54) is 6.07 Å². The summed E-state index contributed by atoms with van der Waals surface area (Å²) in [5, 5.41) is 0. The lowest BCUT2D eigenvalue weighted by Crippen LogP contribution is -2.10. The van der Waals surface area contributed by atoms with E-state index in [2.05, 4.69) is 4.98 Å². The Labute approximate surface area is 114 Å². The lowest BCUT2D eigenvalue weighted by molar-refractivity contribution is 0.421. The maximum absolute atomic E-state index is 13.4. The molecule has 3 nitrogen and oxygen atoms in total. The predicted octanol–water partition coefficient (Wildman–Crippen LogP) is 3.09. The summed E-state index contributed by atoms with van der Waals surface area (Å²) in [5.74, 6) is -1.42. The molecular weight excluding hydrogens is 270 g/mol. The van der Waals surface area contributed by atoms with Gasteiger partial charge in [0.2, 0.25) is 5.88 Å². The molecule has 0 saturated carbocycles. The van der Waals surface area contributed by atoms with Crippen molar-refractivity contribution in [3.8, 4) is 11.6 Å². The maximum Gasteiger partial charge on any atom is 0.220 e. The Morgan fingerprint density at radius 1 is 1.26 bits per heavy atom. The van der Waals surface area contributed by atoms with Crippen molar-refractivity contribution < 1.29 is 13.5 Å². The second-order valence-corrected chi connectivity index (χ2v) is 4.32. The molecule has 1 aromatic carbocycles. The highest BCUT2D eigenvalue weighted by atomic mass is 32.1. The molecular formula is C13H10F2N2OS. The van der Waals surface area contributed by atoms with Crippen LogP contribution in [0.2, 0.25) is 0 Å². The minimum absolute atomic E-state index is 0.104. The van der Waals surface area contributed by atoms with E-state index < -0.39 is 11.6 Å². The van der Waals surface area contributed by atoms with Crippen molar-refractivity contribution in [2.24, 2.45) is 5.73 Å². The zero-order chi connectivity index (χ0) is 14.0. The SMILES string of the molecule is Cc1cc(C(N)=S)cc(Oc2cc(F)ccc2F)n1. The Morgan fingerprint density at radius 2 is 2.00 bits per heavy atom. The van der Waals surface area contributed by atoms with E-state index in [0.29, 0.717) is 11.3 Å². The molecule has 0 aliphatic rings. The standard InChI is InChI=1S/C13H10F2N2OS/c1-7-4-8(13(16)19)5-12(17-7)18-11-6-9(14)2-3-10(11)15/h2-6H,1H3,(H2,16,19). The number of hydrogen-bond acceptors (Lipinski definition) is 3. The topological polar surface area (TPSA) is 48.1 Å². The van der Waals surface area contributed by atoms with Crippen LogP contribution in [0.15, 0.2) is 30.3 Å². The quantitative estimate of drug-likeness (QED) is 0.878. The average Bonchev–Trinajstić information content (AvgIpc) is 2.33. The number of aryl methyl sites for hydroxylation is 1. The van der Waals surface area contributed by atoms with Gasteiger partial charge in [0, 0.05) is 23.4 Å². The van der Waals surface area contributed by atoms with E-state index in [-0.39, 0.29) is 16.6 Å². The van der Waals surface area contributed by atoms with Gasteiger partial charge in [-0.05, 0) is 25.1 Å². The number of thiocarbonyl (C=S) groups is 1. The van der Waals surface area contributed by atoms with Crippen LogP contribution in [0.4, 0.5) is 8.78 Å². The lowest BCUT2D eigenvalue weighted by atomic mass is 10.2. The lowest BCUT2D eigenvalue weighted by Gasteiger charge is -2.08. The molecule has 0 unspecified atom stereocenters. The molecule has 2 aromatic rings. The van der Waals surface area contributed by atoms with Gasteiger partial charge in [0.15, 0.2) is 11.6 Å². The maximum atomic E-state index is 13.4. The summed E-state index contributed by atoms with van der Waals surface area (Å²) in [6, 6.07) is 6.08. The molecule has 0 radical (unpaired) electrons. The smallest absolute Gasteiger partial charge is 0.220 e. The Balaban J connectivity index is 2.38. The number of aromatic nitrogens is 1. The van der Waals surface area contributed by atoms with Crippen molar-refractivity contribution in [3.63, 3.8) is 0 Å². The molecule has 2 rings (SSSR count). The normalized spacial score (nSPS) is 10.3. The van der Waals surface area contributed by atoms with Crippen molar-refractivity contribution in [1.29, 1.82) is 0 Å². The summed E-state index contributed by atoms with van der Waals surface area (Å²) in [6.45, 7) is 1.72. The van der Waals surface area contributed by atoms with Crippen molar-refractivity contribution in [2.45, 2.75) is 6.92 Å². The molecule has 0 aliphatic carbocycles. The van der Waals surface area contributed by atoms with Crippen LogP contribution in [0.5, 0.6) is 11.6 Å². The molecule has 0 fully saturated rings. The second kappa shape index (κ2) is 5.27. The molecule has 0 amide bonds. The first-order valence-electron chi connectivity index (χ1n) is 5.37. The highest BCUT2D eigenvalue weighted by Gasteiger charge is 2.09. The van der Waals surface area contributed by atoms with Crippen LogP contribution in [-0.4, -0.2) is 9.97 Å². The fourth-order valence-electron chi connectivity index (χ4n) is 1.50. The molecule has 0 saturated heterocycles. The van der Waals surface area contributed by atoms with Gasteiger partial charge in [-0.15, -0.1) is 0 Å². The van der Waals surface area contributed by atoms with E-state index in [4.69, 9.17) is 22.7 Å². The predicted molar refractivity (Wildman–Crippen MR) is 71.3 cm³/mol. The third-order valence-electron chi connectivity index (χ3n) is 2.32. The number of nitrogens with two attached hydrogens (primary N) is 1. The average molecular weight is 280 g/mol. The summed E-state index contributed by atoms with van der Waals surface area (Å²) < 4.78 is 31.7. The summed E-state index contributed by atoms with van der Waals surface area (Å²) in [5.41, 5.74) is 6.67. The van der Waals surface area contributed by atoms with Crippen LogP contribution < -0.4 is 10.5 Å². The molecule has 1 aromatic heterocycles. The molecule has 0 bridgehead atoms. The van der Waals surface area contributed by atoms with Gasteiger partial charge in [0.05, 0.1) is 0 Å². The van der Waals surface area contributed by atoms with Crippen molar-refractivity contribution in [2.75, 3.05) is 0 Å². The monoisotopic (exact) mass is 280 g/mol.